The Morgan fingerprint density at radius 1 is 1.30 bits per heavy atom. The molecule has 0 atom stereocenters. The van der Waals surface area contributed by atoms with Crippen LogP contribution in [-0.4, -0.2) is 56.7 Å². The van der Waals surface area contributed by atoms with Crippen LogP contribution < -0.4 is 5.32 Å². The van der Waals surface area contributed by atoms with Crippen molar-refractivity contribution in [3.63, 3.8) is 0 Å². The van der Waals surface area contributed by atoms with E-state index >= 15 is 0 Å². The molecule has 23 heavy (non-hydrogen) atoms. The first-order valence-electron chi connectivity index (χ1n) is 8.55. The highest BCUT2D eigenvalue weighted by Crippen LogP contribution is 2.11. The molecule has 6 nitrogen and oxygen atoms in total. The van der Waals surface area contributed by atoms with Crippen LogP contribution in [0.1, 0.15) is 36.3 Å². The predicted molar refractivity (Wildman–Crippen MR) is 90.5 cm³/mol. The lowest BCUT2D eigenvalue weighted by Crippen LogP contribution is -2.37. The molecule has 2 aromatic rings. The van der Waals surface area contributed by atoms with Gasteiger partial charge < -0.3 is 15.3 Å². The van der Waals surface area contributed by atoms with E-state index in [-0.39, 0.29) is 6.10 Å². The molecule has 0 amide bonds. The molecule has 0 saturated carbocycles. The summed E-state index contributed by atoms with van der Waals surface area (Å²) in [5.74, 6) is 0.783. The fourth-order valence-electron chi connectivity index (χ4n) is 3.31. The predicted octanol–water partition coefficient (Wildman–Crippen LogP) is 1.28. The van der Waals surface area contributed by atoms with Crippen molar-refractivity contribution in [3.8, 4) is 0 Å². The number of nitrogens with zero attached hydrogens (tertiary/aromatic N) is 4. The fourth-order valence-corrected chi connectivity index (χ4v) is 3.31. The normalized spacial score (nSPS) is 17.2. The Morgan fingerprint density at radius 2 is 2.09 bits per heavy atom. The molecule has 2 aromatic heterocycles. The Kier molecular flexibility index (Phi) is 5.25. The van der Waals surface area contributed by atoms with Crippen molar-refractivity contribution in [2.45, 2.75) is 45.8 Å². The number of rotatable bonds is 6. The zero-order valence-electron chi connectivity index (χ0n) is 14.1. The van der Waals surface area contributed by atoms with Crippen LogP contribution >= 0.6 is 0 Å². The molecular weight excluding hydrogens is 290 g/mol. The first-order valence-corrected chi connectivity index (χ1v) is 8.55. The minimum Gasteiger partial charge on any atom is -0.393 e. The van der Waals surface area contributed by atoms with Crippen molar-refractivity contribution in [1.29, 1.82) is 0 Å². The number of aromatic nitrogens is 3. The molecule has 126 valence electrons. The lowest BCUT2D eigenvalue weighted by molar-refractivity contribution is 0.0821. The minimum absolute atomic E-state index is 0.0833. The average molecular weight is 317 g/mol. The second-order valence-electron chi connectivity index (χ2n) is 6.53. The van der Waals surface area contributed by atoms with Crippen molar-refractivity contribution in [3.05, 3.63) is 29.3 Å². The van der Waals surface area contributed by atoms with Gasteiger partial charge in [-0.15, -0.1) is 0 Å². The first kappa shape index (κ1) is 16.4. The smallest absolute Gasteiger partial charge is 0.234 e. The molecule has 1 fully saturated rings. The van der Waals surface area contributed by atoms with E-state index in [1.165, 1.54) is 5.69 Å². The Bertz CT molecular complexity index is 646. The van der Waals surface area contributed by atoms with Crippen LogP contribution in [0.15, 0.2) is 12.3 Å². The number of aryl methyl sites for hydroxylation is 2. The van der Waals surface area contributed by atoms with Crippen LogP contribution in [0.2, 0.25) is 0 Å². The Balaban J connectivity index is 1.44. The maximum atomic E-state index is 9.52. The molecule has 1 aliphatic heterocycles. The van der Waals surface area contributed by atoms with E-state index in [4.69, 9.17) is 0 Å². The number of aliphatic hydroxyl groups excluding tert-OH is 1. The fraction of sp³-hybridized carbons (Fsp3) is 0.647. The number of hydrogen-bond donors (Lipinski definition) is 2. The van der Waals surface area contributed by atoms with Crippen LogP contribution in [0.4, 0.5) is 0 Å². The van der Waals surface area contributed by atoms with Crippen molar-refractivity contribution in [1.82, 2.24) is 24.6 Å². The largest absolute Gasteiger partial charge is 0.393 e. The third kappa shape index (κ3) is 4.07. The number of aliphatic hydroxyl groups is 1. The van der Waals surface area contributed by atoms with Gasteiger partial charge in [-0.05, 0) is 52.3 Å². The summed E-state index contributed by atoms with van der Waals surface area (Å²) in [5, 5.41) is 13.0. The molecule has 0 radical (unpaired) electrons. The van der Waals surface area contributed by atoms with Crippen molar-refractivity contribution in [2.24, 2.45) is 0 Å². The number of nitrogens with one attached hydrogen (secondary N) is 1. The average Bonchev–Trinajstić information content (AvgIpc) is 2.92. The molecule has 1 aliphatic rings. The highest BCUT2D eigenvalue weighted by molar-refractivity contribution is 5.35. The Morgan fingerprint density at radius 3 is 2.87 bits per heavy atom. The first-order chi connectivity index (χ1) is 11.1. The topological polar surface area (TPSA) is 65.7 Å². The molecule has 0 aromatic carbocycles. The van der Waals surface area contributed by atoms with Gasteiger partial charge in [-0.25, -0.2) is 9.97 Å². The molecule has 2 N–H and O–H groups in total. The Hall–Kier alpha value is -1.50. The number of fused-ring (bicyclic) bond motifs is 1. The van der Waals surface area contributed by atoms with Gasteiger partial charge in [0.25, 0.3) is 0 Å². The maximum Gasteiger partial charge on any atom is 0.234 e. The summed E-state index contributed by atoms with van der Waals surface area (Å²) in [6.07, 6.45) is 4.79. The Labute approximate surface area is 137 Å². The van der Waals surface area contributed by atoms with Crippen molar-refractivity contribution < 1.29 is 5.11 Å². The lowest BCUT2D eigenvalue weighted by atomic mass is 10.1. The van der Waals surface area contributed by atoms with Crippen LogP contribution in [0.25, 0.3) is 5.78 Å². The second kappa shape index (κ2) is 7.38. The van der Waals surface area contributed by atoms with Gasteiger partial charge in [0.1, 0.15) is 0 Å². The summed E-state index contributed by atoms with van der Waals surface area (Å²) in [5.41, 5.74) is 3.34. The van der Waals surface area contributed by atoms with E-state index in [0.29, 0.717) is 0 Å². The molecule has 3 heterocycles. The molecular formula is C17H27N5O. The zero-order chi connectivity index (χ0) is 16.2. The van der Waals surface area contributed by atoms with Gasteiger partial charge in [0.2, 0.25) is 5.78 Å². The summed E-state index contributed by atoms with van der Waals surface area (Å²) in [6.45, 7) is 9.05. The standard InChI is InChI=1S/C17H27N5O/c1-13-10-14(2)22-15(12-19-17(22)20-13)11-18-6-3-7-21-8-4-16(23)5-9-21/h10,12,16,18,23H,3-9,11H2,1-2H3. The van der Waals surface area contributed by atoms with Gasteiger partial charge in [0, 0.05) is 31.0 Å². The second-order valence-corrected chi connectivity index (χ2v) is 6.53. The summed E-state index contributed by atoms with van der Waals surface area (Å²) in [6, 6.07) is 2.09. The molecule has 6 heteroatoms. The number of hydrogen-bond acceptors (Lipinski definition) is 5. The van der Waals surface area contributed by atoms with Gasteiger partial charge in [0.15, 0.2) is 0 Å². The van der Waals surface area contributed by atoms with Gasteiger partial charge in [-0.1, -0.05) is 0 Å². The van der Waals surface area contributed by atoms with Crippen LogP contribution in [0.3, 0.4) is 0 Å². The third-order valence-corrected chi connectivity index (χ3v) is 4.55. The van der Waals surface area contributed by atoms with E-state index in [0.717, 1.165) is 69.2 Å². The highest BCUT2D eigenvalue weighted by Gasteiger charge is 2.16. The molecule has 0 bridgehead atoms. The van der Waals surface area contributed by atoms with Gasteiger partial charge in [-0.3, -0.25) is 4.40 Å². The molecule has 0 spiro atoms. The summed E-state index contributed by atoms with van der Waals surface area (Å²) in [7, 11) is 0. The molecule has 0 aliphatic carbocycles. The van der Waals surface area contributed by atoms with Crippen LogP contribution in [0.5, 0.6) is 0 Å². The summed E-state index contributed by atoms with van der Waals surface area (Å²) >= 11 is 0. The van der Waals surface area contributed by atoms with Crippen LogP contribution in [-0.2, 0) is 6.54 Å². The SMILES string of the molecule is Cc1cc(C)n2c(CNCCCN3CCC(O)CC3)cnc2n1. The van der Waals surface area contributed by atoms with Crippen molar-refractivity contribution >= 4 is 5.78 Å². The quantitative estimate of drug-likeness (QED) is 0.786. The molecule has 3 rings (SSSR count). The van der Waals surface area contributed by atoms with Gasteiger partial charge in [-0.2, -0.15) is 0 Å². The molecule has 0 unspecified atom stereocenters. The minimum atomic E-state index is -0.0833. The maximum absolute atomic E-state index is 9.52. The van der Waals surface area contributed by atoms with Crippen molar-refractivity contribution in [2.75, 3.05) is 26.2 Å². The number of piperidine rings is 1. The van der Waals surface area contributed by atoms with E-state index in [1.54, 1.807) is 0 Å². The van der Waals surface area contributed by atoms with E-state index in [2.05, 4.69) is 37.6 Å². The number of imidazole rings is 1. The summed E-state index contributed by atoms with van der Waals surface area (Å²) < 4.78 is 2.12. The third-order valence-electron chi connectivity index (χ3n) is 4.55. The van der Waals surface area contributed by atoms with Crippen LogP contribution in [0, 0.1) is 13.8 Å². The summed E-state index contributed by atoms with van der Waals surface area (Å²) in [4.78, 5) is 11.3. The molecule has 1 saturated heterocycles. The van der Waals surface area contributed by atoms with Gasteiger partial charge >= 0.3 is 0 Å². The highest BCUT2D eigenvalue weighted by atomic mass is 16.3. The van der Waals surface area contributed by atoms with E-state index < -0.39 is 0 Å². The number of likely N-dealkylation sites (tertiary alicyclic amines) is 1. The lowest BCUT2D eigenvalue weighted by Gasteiger charge is -2.29. The van der Waals surface area contributed by atoms with E-state index in [1.807, 2.05) is 13.1 Å². The van der Waals surface area contributed by atoms with Gasteiger partial charge in [0.05, 0.1) is 18.0 Å². The van der Waals surface area contributed by atoms with E-state index in [9.17, 15) is 5.11 Å². The zero-order valence-corrected chi connectivity index (χ0v) is 14.1. The monoisotopic (exact) mass is 317 g/mol.